The first kappa shape index (κ1) is 11.8. The number of carbonyl (C=O) groups excluding carboxylic acids is 1. The summed E-state index contributed by atoms with van der Waals surface area (Å²) >= 11 is 1.58. The van der Waals surface area contributed by atoms with Gasteiger partial charge in [-0.15, -0.1) is 11.3 Å². The van der Waals surface area contributed by atoms with Crippen molar-refractivity contribution in [3.8, 4) is 0 Å². The van der Waals surface area contributed by atoms with E-state index in [0.29, 0.717) is 6.04 Å². The van der Waals surface area contributed by atoms with Crippen molar-refractivity contribution < 1.29 is 4.79 Å². The molecule has 0 unspecified atom stereocenters. The number of H-pyrrole nitrogens is 1. The zero-order valence-electron chi connectivity index (χ0n) is 10.6. The third-order valence-electron chi connectivity index (χ3n) is 3.89. The van der Waals surface area contributed by atoms with E-state index in [1.807, 2.05) is 30.3 Å². The number of carbonyl (C=O) groups is 1. The van der Waals surface area contributed by atoms with E-state index in [2.05, 4.69) is 4.98 Å². The SMILES string of the molecule is CN(C(=O)c1cc2[nH]ccc2s1)C1CCCCC1. The van der Waals surface area contributed by atoms with Gasteiger partial charge in [-0.25, -0.2) is 0 Å². The van der Waals surface area contributed by atoms with Crippen LogP contribution in [0.3, 0.4) is 0 Å². The van der Waals surface area contributed by atoms with Gasteiger partial charge < -0.3 is 9.88 Å². The van der Waals surface area contributed by atoms with E-state index in [4.69, 9.17) is 0 Å². The Labute approximate surface area is 111 Å². The lowest BCUT2D eigenvalue weighted by Gasteiger charge is -2.30. The van der Waals surface area contributed by atoms with Gasteiger partial charge >= 0.3 is 0 Å². The summed E-state index contributed by atoms with van der Waals surface area (Å²) in [7, 11) is 1.95. The fourth-order valence-corrected chi connectivity index (χ4v) is 3.77. The molecule has 3 nitrogen and oxygen atoms in total. The van der Waals surface area contributed by atoms with Crippen molar-refractivity contribution in [2.24, 2.45) is 0 Å². The third kappa shape index (κ3) is 2.05. The molecule has 4 heteroatoms. The summed E-state index contributed by atoms with van der Waals surface area (Å²) in [5, 5.41) is 0. The van der Waals surface area contributed by atoms with Crippen LogP contribution in [0.1, 0.15) is 41.8 Å². The second-order valence-electron chi connectivity index (χ2n) is 5.07. The number of thiophene rings is 1. The monoisotopic (exact) mass is 262 g/mol. The molecule has 1 amide bonds. The zero-order chi connectivity index (χ0) is 12.5. The molecular formula is C14H18N2OS. The predicted molar refractivity (Wildman–Crippen MR) is 75.1 cm³/mol. The van der Waals surface area contributed by atoms with Crippen LogP contribution < -0.4 is 0 Å². The Morgan fingerprint density at radius 1 is 1.39 bits per heavy atom. The second kappa shape index (κ2) is 4.76. The molecule has 1 aliphatic rings. The molecule has 3 rings (SSSR count). The lowest BCUT2D eigenvalue weighted by molar-refractivity contribution is 0.0701. The first-order valence-corrected chi connectivity index (χ1v) is 7.41. The number of fused-ring (bicyclic) bond motifs is 1. The molecule has 18 heavy (non-hydrogen) atoms. The van der Waals surface area contributed by atoms with Crippen molar-refractivity contribution in [3.05, 3.63) is 23.2 Å². The minimum Gasteiger partial charge on any atom is -0.360 e. The second-order valence-corrected chi connectivity index (χ2v) is 6.16. The molecule has 0 saturated heterocycles. The average molecular weight is 262 g/mol. The van der Waals surface area contributed by atoms with Crippen LogP contribution in [0.15, 0.2) is 18.3 Å². The van der Waals surface area contributed by atoms with Crippen LogP contribution in [0.2, 0.25) is 0 Å². The van der Waals surface area contributed by atoms with Gasteiger partial charge in [-0.3, -0.25) is 4.79 Å². The van der Waals surface area contributed by atoms with E-state index < -0.39 is 0 Å². The lowest BCUT2D eigenvalue weighted by atomic mass is 9.94. The summed E-state index contributed by atoms with van der Waals surface area (Å²) in [6.45, 7) is 0. The summed E-state index contributed by atoms with van der Waals surface area (Å²) in [6.07, 6.45) is 8.07. The fourth-order valence-electron chi connectivity index (χ4n) is 2.76. The van der Waals surface area contributed by atoms with Crippen molar-refractivity contribution in [2.75, 3.05) is 7.05 Å². The minimum absolute atomic E-state index is 0.177. The van der Waals surface area contributed by atoms with E-state index in [0.717, 1.165) is 27.9 Å². The highest BCUT2D eigenvalue weighted by Gasteiger charge is 2.24. The first-order chi connectivity index (χ1) is 8.75. The maximum atomic E-state index is 12.4. The van der Waals surface area contributed by atoms with Crippen LogP contribution >= 0.6 is 11.3 Å². The number of amides is 1. The van der Waals surface area contributed by atoms with Gasteiger partial charge in [0.1, 0.15) is 0 Å². The highest BCUT2D eigenvalue weighted by molar-refractivity contribution is 7.20. The first-order valence-electron chi connectivity index (χ1n) is 6.60. The summed E-state index contributed by atoms with van der Waals surface area (Å²) in [4.78, 5) is 18.4. The maximum absolute atomic E-state index is 12.4. The van der Waals surface area contributed by atoms with Gasteiger partial charge in [0.15, 0.2) is 0 Å². The van der Waals surface area contributed by atoms with Gasteiger partial charge in [-0.05, 0) is 25.0 Å². The van der Waals surface area contributed by atoms with E-state index >= 15 is 0 Å². The van der Waals surface area contributed by atoms with Crippen LogP contribution in [-0.4, -0.2) is 28.9 Å². The molecule has 96 valence electrons. The molecule has 0 atom stereocenters. The fraction of sp³-hybridized carbons (Fsp3) is 0.500. The molecule has 0 aromatic carbocycles. The van der Waals surface area contributed by atoms with Crippen LogP contribution in [0, 0.1) is 0 Å². The summed E-state index contributed by atoms with van der Waals surface area (Å²) in [6, 6.07) is 4.44. The number of aromatic nitrogens is 1. The Morgan fingerprint density at radius 3 is 2.89 bits per heavy atom. The van der Waals surface area contributed by atoms with Crippen molar-refractivity contribution in [3.63, 3.8) is 0 Å². The standard InChI is InChI=1S/C14H18N2OS/c1-16(10-5-3-2-4-6-10)14(17)13-9-11-12(18-13)7-8-15-11/h7-10,15H,2-6H2,1H3. The molecule has 0 bridgehead atoms. The average Bonchev–Trinajstić information content (AvgIpc) is 2.99. The number of hydrogen-bond donors (Lipinski definition) is 1. The highest BCUT2D eigenvalue weighted by atomic mass is 32.1. The molecule has 2 heterocycles. The Bertz CT molecular complexity index is 522. The van der Waals surface area contributed by atoms with Gasteiger partial charge in [-0.1, -0.05) is 19.3 Å². The van der Waals surface area contributed by atoms with Crippen molar-refractivity contribution >= 4 is 27.5 Å². The van der Waals surface area contributed by atoms with E-state index in [1.54, 1.807) is 11.3 Å². The smallest absolute Gasteiger partial charge is 0.264 e. The molecule has 0 radical (unpaired) electrons. The van der Waals surface area contributed by atoms with Gasteiger partial charge in [-0.2, -0.15) is 0 Å². The zero-order valence-corrected chi connectivity index (χ0v) is 11.4. The van der Waals surface area contributed by atoms with Crippen molar-refractivity contribution in [2.45, 2.75) is 38.1 Å². The maximum Gasteiger partial charge on any atom is 0.264 e. The lowest BCUT2D eigenvalue weighted by Crippen LogP contribution is -2.37. The molecule has 0 aliphatic heterocycles. The Hall–Kier alpha value is -1.29. The largest absolute Gasteiger partial charge is 0.360 e. The normalized spacial score (nSPS) is 17.2. The number of nitrogens with one attached hydrogen (secondary N) is 1. The van der Waals surface area contributed by atoms with Crippen molar-refractivity contribution in [1.82, 2.24) is 9.88 Å². The summed E-state index contributed by atoms with van der Waals surface area (Å²) in [5.41, 5.74) is 1.07. The Kier molecular flexibility index (Phi) is 3.12. The van der Waals surface area contributed by atoms with Crippen LogP contribution in [0.4, 0.5) is 0 Å². The van der Waals surface area contributed by atoms with E-state index in [-0.39, 0.29) is 5.91 Å². The minimum atomic E-state index is 0.177. The summed E-state index contributed by atoms with van der Waals surface area (Å²) < 4.78 is 1.16. The number of nitrogens with zero attached hydrogens (tertiary/aromatic N) is 1. The van der Waals surface area contributed by atoms with Gasteiger partial charge in [0.25, 0.3) is 5.91 Å². The molecule has 1 N–H and O–H groups in total. The summed E-state index contributed by atoms with van der Waals surface area (Å²) in [5.74, 6) is 0.177. The third-order valence-corrected chi connectivity index (χ3v) is 4.98. The van der Waals surface area contributed by atoms with Crippen LogP contribution in [0.25, 0.3) is 10.2 Å². The number of aromatic amines is 1. The van der Waals surface area contributed by atoms with E-state index in [9.17, 15) is 4.79 Å². The topological polar surface area (TPSA) is 36.1 Å². The Balaban J connectivity index is 1.78. The molecule has 1 saturated carbocycles. The molecule has 0 spiro atoms. The predicted octanol–water partition coefficient (Wildman–Crippen LogP) is 3.63. The number of rotatable bonds is 2. The van der Waals surface area contributed by atoms with Crippen molar-refractivity contribution in [1.29, 1.82) is 0 Å². The molecule has 1 aliphatic carbocycles. The van der Waals surface area contributed by atoms with Crippen LogP contribution in [-0.2, 0) is 0 Å². The quantitative estimate of drug-likeness (QED) is 0.881. The Morgan fingerprint density at radius 2 is 2.17 bits per heavy atom. The molecule has 2 aromatic rings. The molecular weight excluding hydrogens is 244 g/mol. The van der Waals surface area contributed by atoms with Crippen LogP contribution in [0.5, 0.6) is 0 Å². The van der Waals surface area contributed by atoms with E-state index in [1.165, 1.54) is 19.3 Å². The van der Waals surface area contributed by atoms with Gasteiger partial charge in [0.05, 0.1) is 15.1 Å². The van der Waals surface area contributed by atoms with Gasteiger partial charge in [0.2, 0.25) is 0 Å². The van der Waals surface area contributed by atoms with Gasteiger partial charge in [0, 0.05) is 19.3 Å². The molecule has 1 fully saturated rings. The number of hydrogen-bond acceptors (Lipinski definition) is 2. The highest BCUT2D eigenvalue weighted by Crippen LogP contribution is 2.28. The molecule has 2 aromatic heterocycles.